The van der Waals surface area contributed by atoms with Gasteiger partial charge in [-0.05, 0) is 74.8 Å². The predicted molar refractivity (Wildman–Crippen MR) is 102 cm³/mol. The monoisotopic (exact) mass is 518 g/mol. The third-order valence-corrected chi connectivity index (χ3v) is 7.52. The van der Waals surface area contributed by atoms with Crippen molar-refractivity contribution in [2.45, 2.75) is 0 Å². The van der Waals surface area contributed by atoms with Crippen LogP contribution in [0.15, 0.2) is 69.6 Å². The van der Waals surface area contributed by atoms with E-state index in [1.165, 1.54) is 0 Å². The van der Waals surface area contributed by atoms with Gasteiger partial charge in [-0.1, -0.05) is 60.7 Å². The molecule has 0 amide bonds. The van der Waals surface area contributed by atoms with E-state index in [1.54, 1.807) is 0 Å². The van der Waals surface area contributed by atoms with E-state index >= 15 is 0 Å². The van der Waals surface area contributed by atoms with Crippen molar-refractivity contribution in [1.29, 1.82) is 0 Å². The molecule has 0 aliphatic rings. The molecule has 0 bridgehead atoms. The molecule has 0 unspecified atom stereocenters. The highest BCUT2D eigenvalue weighted by molar-refractivity contribution is 9.18. The first kappa shape index (κ1) is 16.2. The normalized spacial score (nSPS) is 13.6. The van der Waals surface area contributed by atoms with Gasteiger partial charge in [-0.3, -0.25) is 0 Å². The molecule has 0 radical (unpaired) electrons. The minimum atomic E-state index is 0.958. The van der Waals surface area contributed by atoms with Crippen molar-refractivity contribution in [3.8, 4) is 0 Å². The fraction of sp³-hybridized carbons (Fsp3) is 0. The van der Waals surface area contributed by atoms with E-state index in [4.69, 9.17) is 0 Å². The van der Waals surface area contributed by atoms with Gasteiger partial charge in [0.2, 0.25) is 0 Å². The first-order chi connectivity index (χ1) is 9.61. The Morgan fingerprint density at radius 2 is 0.800 bits per heavy atom. The molecule has 0 atom stereocenters. The molecule has 2 aromatic rings. The van der Waals surface area contributed by atoms with E-state index in [1.807, 2.05) is 36.4 Å². The Bertz CT molecular complexity index is 583. The van der Waals surface area contributed by atoms with Crippen LogP contribution in [0.1, 0.15) is 11.1 Å². The van der Waals surface area contributed by atoms with Crippen LogP contribution in [0.3, 0.4) is 0 Å². The van der Waals surface area contributed by atoms with Crippen LogP contribution in [0.5, 0.6) is 0 Å². The average Bonchev–Trinajstić information content (AvgIpc) is 2.53. The van der Waals surface area contributed by atoms with Crippen LogP contribution in [-0.2, 0) is 0 Å². The molecule has 0 aromatic heterocycles. The van der Waals surface area contributed by atoms with Crippen molar-refractivity contribution < 1.29 is 0 Å². The zero-order valence-corrected chi connectivity index (χ0v) is 16.6. The molecule has 0 N–H and O–H groups in total. The molecular formula is C16H10Br4. The Morgan fingerprint density at radius 1 is 0.500 bits per heavy atom. The maximum atomic E-state index is 3.64. The summed E-state index contributed by atoms with van der Waals surface area (Å²) in [4.78, 5) is 0. The second-order valence-electron chi connectivity index (χ2n) is 3.99. The van der Waals surface area contributed by atoms with Crippen LogP contribution in [0.2, 0.25) is 0 Å². The second kappa shape index (κ2) is 7.74. The lowest BCUT2D eigenvalue weighted by Gasteiger charge is -2.08. The molecule has 4 heteroatoms. The summed E-state index contributed by atoms with van der Waals surface area (Å²) in [7, 11) is 0. The third kappa shape index (κ3) is 3.94. The Labute approximate surface area is 152 Å². The van der Waals surface area contributed by atoms with Crippen LogP contribution in [0.25, 0.3) is 8.96 Å². The van der Waals surface area contributed by atoms with Crippen molar-refractivity contribution in [3.63, 3.8) is 0 Å². The predicted octanol–water partition coefficient (Wildman–Crippen LogP) is 7.30. The fourth-order valence-electron chi connectivity index (χ4n) is 1.62. The van der Waals surface area contributed by atoms with Gasteiger partial charge in [-0.15, -0.1) is 0 Å². The zero-order chi connectivity index (χ0) is 14.5. The first-order valence-corrected chi connectivity index (χ1v) is 9.00. The van der Waals surface area contributed by atoms with Gasteiger partial charge in [-0.25, -0.2) is 0 Å². The Morgan fingerprint density at radius 3 is 1.10 bits per heavy atom. The van der Waals surface area contributed by atoms with Crippen LogP contribution >= 0.6 is 63.7 Å². The van der Waals surface area contributed by atoms with E-state index in [0.29, 0.717) is 0 Å². The van der Waals surface area contributed by atoms with Crippen molar-refractivity contribution in [2.75, 3.05) is 0 Å². The summed E-state index contributed by atoms with van der Waals surface area (Å²) in [6.07, 6.45) is 0. The van der Waals surface area contributed by atoms with Gasteiger partial charge in [0, 0.05) is 17.9 Å². The largest absolute Gasteiger partial charge is 0.0622 e. The highest BCUT2D eigenvalue weighted by atomic mass is 79.9. The maximum absolute atomic E-state index is 3.64. The number of allylic oxidation sites excluding steroid dienone is 2. The number of hydrogen-bond acceptors (Lipinski definition) is 0. The zero-order valence-electron chi connectivity index (χ0n) is 10.3. The third-order valence-electron chi connectivity index (χ3n) is 2.63. The molecule has 2 aromatic carbocycles. The topological polar surface area (TPSA) is 0 Å². The van der Waals surface area contributed by atoms with E-state index in [0.717, 1.165) is 29.1 Å². The number of hydrogen-bond donors (Lipinski definition) is 0. The van der Waals surface area contributed by atoms with Crippen LogP contribution in [-0.4, -0.2) is 0 Å². The molecule has 0 saturated heterocycles. The highest BCUT2D eigenvalue weighted by Gasteiger charge is 2.11. The average molecular weight is 522 g/mol. The lowest BCUT2D eigenvalue weighted by Crippen LogP contribution is -1.84. The molecule has 102 valence electrons. The van der Waals surface area contributed by atoms with E-state index in [2.05, 4.69) is 88.0 Å². The molecule has 2 rings (SSSR count). The summed E-state index contributed by atoms with van der Waals surface area (Å²) in [5, 5.41) is 0. The Balaban J connectivity index is 2.44. The minimum Gasteiger partial charge on any atom is -0.0622 e. The fourth-order valence-corrected chi connectivity index (χ4v) is 3.93. The molecule has 0 saturated carbocycles. The quantitative estimate of drug-likeness (QED) is 0.372. The molecular weight excluding hydrogens is 512 g/mol. The summed E-state index contributed by atoms with van der Waals surface area (Å²) in [6, 6.07) is 20.3. The molecule has 0 aliphatic heterocycles. The standard InChI is InChI=1S/C16H10Br4/c17-13(11-7-3-1-4-8-11)15(19)16(20)14(18)12-9-5-2-6-10-12/h1-10H/b15-13-,16-14+. The number of rotatable bonds is 3. The lowest BCUT2D eigenvalue weighted by molar-refractivity contribution is 1.64. The molecule has 0 heterocycles. The summed E-state index contributed by atoms with van der Waals surface area (Å²) < 4.78 is 3.91. The maximum Gasteiger partial charge on any atom is 0.0477 e. The summed E-state index contributed by atoms with van der Waals surface area (Å²) >= 11 is 14.6. The summed E-state index contributed by atoms with van der Waals surface area (Å²) in [5.41, 5.74) is 2.23. The van der Waals surface area contributed by atoms with Gasteiger partial charge in [0.15, 0.2) is 0 Å². The molecule has 0 fully saturated rings. The van der Waals surface area contributed by atoms with Crippen molar-refractivity contribution in [2.24, 2.45) is 0 Å². The Hall–Kier alpha value is -0.160. The first-order valence-electron chi connectivity index (χ1n) is 5.83. The van der Waals surface area contributed by atoms with Crippen molar-refractivity contribution in [3.05, 3.63) is 80.8 Å². The smallest absolute Gasteiger partial charge is 0.0477 e. The molecule has 0 nitrogen and oxygen atoms in total. The molecule has 0 aliphatic carbocycles. The van der Waals surface area contributed by atoms with Crippen LogP contribution < -0.4 is 0 Å². The van der Waals surface area contributed by atoms with Crippen LogP contribution in [0.4, 0.5) is 0 Å². The van der Waals surface area contributed by atoms with Crippen LogP contribution in [0, 0.1) is 0 Å². The lowest BCUT2D eigenvalue weighted by atomic mass is 10.2. The van der Waals surface area contributed by atoms with Crippen molar-refractivity contribution >= 4 is 72.7 Å². The Kier molecular flexibility index (Phi) is 6.27. The van der Waals surface area contributed by atoms with Gasteiger partial charge in [0.05, 0.1) is 0 Å². The van der Waals surface area contributed by atoms with Crippen molar-refractivity contribution in [1.82, 2.24) is 0 Å². The van der Waals surface area contributed by atoms with Gasteiger partial charge in [0.1, 0.15) is 0 Å². The number of halogens is 4. The summed E-state index contributed by atoms with van der Waals surface area (Å²) in [5.74, 6) is 0. The van der Waals surface area contributed by atoms with Gasteiger partial charge in [-0.2, -0.15) is 0 Å². The minimum absolute atomic E-state index is 0.958. The molecule has 20 heavy (non-hydrogen) atoms. The second-order valence-corrected chi connectivity index (χ2v) is 7.16. The highest BCUT2D eigenvalue weighted by Crippen LogP contribution is 2.41. The van der Waals surface area contributed by atoms with Gasteiger partial charge >= 0.3 is 0 Å². The molecule has 0 spiro atoms. The summed E-state index contributed by atoms with van der Waals surface area (Å²) in [6.45, 7) is 0. The van der Waals surface area contributed by atoms with Gasteiger partial charge in [0.25, 0.3) is 0 Å². The number of benzene rings is 2. The van der Waals surface area contributed by atoms with E-state index in [-0.39, 0.29) is 0 Å². The SMILES string of the molecule is BrC(=C(\Br)c1ccccc1)/C(Br)=C(\Br)c1ccccc1. The van der Waals surface area contributed by atoms with Gasteiger partial charge < -0.3 is 0 Å². The van der Waals surface area contributed by atoms with E-state index < -0.39 is 0 Å². The van der Waals surface area contributed by atoms with E-state index in [9.17, 15) is 0 Å².